The van der Waals surface area contributed by atoms with Crippen molar-refractivity contribution in [3.05, 3.63) is 106 Å². The van der Waals surface area contributed by atoms with Crippen molar-refractivity contribution in [1.82, 2.24) is 5.32 Å². The molecule has 6 heteroatoms. The van der Waals surface area contributed by atoms with E-state index >= 15 is 0 Å². The normalized spacial score (nSPS) is 18.6. The molecule has 3 aromatic carbocycles. The number of halogens is 1. The number of para-hydroxylation sites is 2. The third-order valence-electron chi connectivity index (χ3n) is 6.85. The quantitative estimate of drug-likeness (QED) is 0.434. The summed E-state index contributed by atoms with van der Waals surface area (Å²) in [5.74, 6) is -0.0421. The van der Waals surface area contributed by atoms with Crippen LogP contribution in [-0.2, 0) is 16.1 Å². The van der Waals surface area contributed by atoms with Gasteiger partial charge in [0.15, 0.2) is 5.78 Å². The minimum Gasteiger partial charge on any atom is -0.357 e. The molecule has 0 fully saturated rings. The van der Waals surface area contributed by atoms with Crippen LogP contribution in [0.3, 0.4) is 0 Å². The van der Waals surface area contributed by atoms with Crippen molar-refractivity contribution in [2.75, 3.05) is 16.8 Å². The molecule has 184 valence electrons. The van der Waals surface area contributed by atoms with E-state index in [2.05, 4.69) is 24.5 Å². The average molecular weight is 500 g/mol. The van der Waals surface area contributed by atoms with Crippen LogP contribution in [0.2, 0.25) is 5.02 Å². The maximum atomic E-state index is 13.7. The number of nitrogens with zero attached hydrogens (tertiary/aromatic N) is 1. The number of amides is 1. The van der Waals surface area contributed by atoms with Crippen LogP contribution in [0.5, 0.6) is 0 Å². The lowest BCUT2D eigenvalue weighted by Gasteiger charge is -2.38. The Morgan fingerprint density at radius 2 is 1.69 bits per heavy atom. The molecule has 1 heterocycles. The Morgan fingerprint density at radius 1 is 1.00 bits per heavy atom. The van der Waals surface area contributed by atoms with E-state index in [1.54, 1.807) is 0 Å². The molecule has 0 aromatic heterocycles. The molecule has 0 saturated heterocycles. The van der Waals surface area contributed by atoms with Crippen molar-refractivity contribution in [2.24, 2.45) is 5.41 Å². The maximum Gasteiger partial charge on any atom is 0.239 e. The van der Waals surface area contributed by atoms with Gasteiger partial charge in [0.25, 0.3) is 0 Å². The van der Waals surface area contributed by atoms with Crippen LogP contribution < -0.4 is 15.5 Å². The number of benzene rings is 3. The molecular weight excluding hydrogens is 470 g/mol. The van der Waals surface area contributed by atoms with Gasteiger partial charge in [0.2, 0.25) is 5.91 Å². The van der Waals surface area contributed by atoms with Gasteiger partial charge in [-0.25, -0.2) is 0 Å². The largest absolute Gasteiger partial charge is 0.357 e. The number of nitrogens with one attached hydrogen (secondary N) is 2. The third kappa shape index (κ3) is 4.89. The minimum absolute atomic E-state index is 0.0782. The van der Waals surface area contributed by atoms with Crippen molar-refractivity contribution in [3.8, 4) is 0 Å². The van der Waals surface area contributed by atoms with Crippen LogP contribution in [0, 0.1) is 5.41 Å². The Morgan fingerprint density at radius 3 is 2.47 bits per heavy atom. The van der Waals surface area contributed by atoms with Crippen LogP contribution in [-0.4, -0.2) is 18.2 Å². The van der Waals surface area contributed by atoms with Gasteiger partial charge in [0, 0.05) is 29.3 Å². The van der Waals surface area contributed by atoms with E-state index in [1.807, 2.05) is 83.8 Å². The highest BCUT2D eigenvalue weighted by atomic mass is 35.5. The van der Waals surface area contributed by atoms with E-state index in [0.29, 0.717) is 23.6 Å². The lowest BCUT2D eigenvalue weighted by molar-refractivity contribution is -0.120. The lowest BCUT2D eigenvalue weighted by atomic mass is 9.73. The van der Waals surface area contributed by atoms with Crippen molar-refractivity contribution in [1.29, 1.82) is 0 Å². The van der Waals surface area contributed by atoms with Crippen molar-refractivity contribution in [3.63, 3.8) is 0 Å². The second kappa shape index (κ2) is 9.82. The Hall–Kier alpha value is -3.57. The first-order chi connectivity index (χ1) is 17.3. The molecule has 0 bridgehead atoms. The lowest BCUT2D eigenvalue weighted by Crippen LogP contribution is -2.42. The van der Waals surface area contributed by atoms with Crippen molar-refractivity contribution < 1.29 is 9.59 Å². The number of allylic oxidation sites excluding steroid dienone is 1. The Labute approximate surface area is 217 Å². The van der Waals surface area contributed by atoms with Gasteiger partial charge in [-0.05, 0) is 41.2 Å². The minimum atomic E-state index is -0.490. The highest BCUT2D eigenvalue weighted by Gasteiger charge is 2.42. The number of Topliss-reactive ketones (excluding diaryl/α,β-unsaturated/α-hetero) is 1. The van der Waals surface area contributed by atoms with Gasteiger partial charge in [0.1, 0.15) is 0 Å². The SMILES string of the molecule is CC1(C)CC(=O)C2=C(C1)Nc1ccccc1N(CC(=O)NCc1ccccc1)C2c1ccccc1Cl. The van der Waals surface area contributed by atoms with E-state index in [9.17, 15) is 9.59 Å². The molecule has 0 radical (unpaired) electrons. The zero-order chi connectivity index (χ0) is 25.3. The van der Waals surface area contributed by atoms with Crippen LogP contribution in [0.1, 0.15) is 43.9 Å². The zero-order valence-corrected chi connectivity index (χ0v) is 21.3. The number of rotatable bonds is 5. The molecule has 1 atom stereocenters. The first kappa shape index (κ1) is 24.1. The molecular formula is C30H30ClN3O2. The first-order valence-electron chi connectivity index (χ1n) is 12.3. The number of carbonyl (C=O) groups excluding carboxylic acids is 2. The average Bonchev–Trinajstić information content (AvgIpc) is 2.97. The van der Waals surface area contributed by atoms with Crippen LogP contribution >= 0.6 is 11.6 Å². The predicted octanol–water partition coefficient (Wildman–Crippen LogP) is 6.27. The van der Waals surface area contributed by atoms with Gasteiger partial charge in [0.05, 0.1) is 24.0 Å². The van der Waals surface area contributed by atoms with Gasteiger partial charge in [-0.1, -0.05) is 86.1 Å². The Bertz CT molecular complexity index is 1330. The second-order valence-corrected chi connectivity index (χ2v) is 10.7. The van der Waals surface area contributed by atoms with E-state index in [1.165, 1.54) is 0 Å². The standard InChI is InChI=1S/C30H30ClN3O2/c1-30(2)16-24-28(26(35)17-30)29(21-12-6-7-13-22(21)31)34(25-15-9-8-14-23(25)33-24)19-27(36)32-18-20-10-4-3-5-11-20/h3-15,29,33H,16-19H2,1-2H3,(H,32,36). The van der Waals surface area contributed by atoms with Crippen molar-refractivity contribution in [2.45, 2.75) is 39.3 Å². The smallest absolute Gasteiger partial charge is 0.239 e. The van der Waals surface area contributed by atoms with Crippen LogP contribution in [0.15, 0.2) is 90.1 Å². The number of hydrogen-bond donors (Lipinski definition) is 2. The molecule has 1 aliphatic carbocycles. The summed E-state index contributed by atoms with van der Waals surface area (Å²) in [4.78, 5) is 29.0. The topological polar surface area (TPSA) is 61.4 Å². The summed E-state index contributed by atoms with van der Waals surface area (Å²) in [6.45, 7) is 4.75. The van der Waals surface area contributed by atoms with Gasteiger partial charge in [-0.15, -0.1) is 0 Å². The number of anilines is 2. The molecule has 0 saturated carbocycles. The van der Waals surface area contributed by atoms with Crippen LogP contribution in [0.25, 0.3) is 0 Å². The zero-order valence-electron chi connectivity index (χ0n) is 20.6. The maximum absolute atomic E-state index is 13.7. The van der Waals surface area contributed by atoms with Gasteiger partial charge in [-0.2, -0.15) is 0 Å². The molecule has 36 heavy (non-hydrogen) atoms. The summed E-state index contributed by atoms with van der Waals surface area (Å²) in [6.07, 6.45) is 1.18. The molecule has 2 N–H and O–H groups in total. The van der Waals surface area contributed by atoms with Gasteiger partial charge >= 0.3 is 0 Å². The van der Waals surface area contributed by atoms with Gasteiger partial charge in [-0.3, -0.25) is 9.59 Å². The number of ketones is 1. The third-order valence-corrected chi connectivity index (χ3v) is 7.19. The highest BCUT2D eigenvalue weighted by Crippen LogP contribution is 2.49. The first-order valence-corrected chi connectivity index (χ1v) is 12.6. The van der Waals surface area contributed by atoms with E-state index in [4.69, 9.17) is 11.6 Å². The molecule has 2 aliphatic rings. The van der Waals surface area contributed by atoms with Crippen molar-refractivity contribution >= 4 is 34.7 Å². The second-order valence-electron chi connectivity index (χ2n) is 10.3. The predicted molar refractivity (Wildman–Crippen MR) is 145 cm³/mol. The summed E-state index contributed by atoms with van der Waals surface area (Å²) in [5.41, 5.74) is 5.01. The Kier molecular flexibility index (Phi) is 6.59. The summed E-state index contributed by atoms with van der Waals surface area (Å²) in [7, 11) is 0. The molecule has 1 amide bonds. The molecule has 5 nitrogen and oxygen atoms in total. The number of fused-ring (bicyclic) bond motifs is 1. The molecule has 5 rings (SSSR count). The summed E-state index contributed by atoms with van der Waals surface area (Å²) >= 11 is 6.73. The fraction of sp³-hybridized carbons (Fsp3) is 0.267. The summed E-state index contributed by atoms with van der Waals surface area (Å²) in [6, 6.07) is 24.8. The van der Waals surface area contributed by atoms with Crippen LogP contribution in [0.4, 0.5) is 11.4 Å². The van der Waals surface area contributed by atoms with E-state index < -0.39 is 6.04 Å². The fourth-order valence-corrected chi connectivity index (χ4v) is 5.49. The molecule has 1 unspecified atom stereocenters. The molecule has 3 aromatic rings. The fourth-order valence-electron chi connectivity index (χ4n) is 5.25. The van der Waals surface area contributed by atoms with E-state index in [-0.39, 0.29) is 23.7 Å². The number of carbonyl (C=O) groups is 2. The Balaban J connectivity index is 1.60. The monoisotopic (exact) mass is 499 g/mol. The van der Waals surface area contributed by atoms with Gasteiger partial charge < -0.3 is 15.5 Å². The highest BCUT2D eigenvalue weighted by molar-refractivity contribution is 6.31. The molecule has 1 aliphatic heterocycles. The van der Waals surface area contributed by atoms with E-state index in [0.717, 1.165) is 34.6 Å². The summed E-state index contributed by atoms with van der Waals surface area (Å²) in [5, 5.41) is 7.19. The number of hydrogen-bond acceptors (Lipinski definition) is 4. The summed E-state index contributed by atoms with van der Waals surface area (Å²) < 4.78 is 0. The molecule has 0 spiro atoms.